The fourth-order valence-electron chi connectivity index (χ4n) is 5.51. The summed E-state index contributed by atoms with van der Waals surface area (Å²) in [7, 11) is -5.02. The Hall–Kier alpha value is -3.08. The molecule has 7 rings (SSSR count). The van der Waals surface area contributed by atoms with E-state index in [9.17, 15) is 29.4 Å². The summed E-state index contributed by atoms with van der Waals surface area (Å²) in [5.41, 5.74) is 11.3. The molecule has 4 aromatic rings. The van der Waals surface area contributed by atoms with Gasteiger partial charge in [0.25, 0.3) is 5.56 Å². The summed E-state index contributed by atoms with van der Waals surface area (Å²) in [4.78, 5) is 56.7. The summed E-state index contributed by atoms with van der Waals surface area (Å²) in [6.07, 6.45) is -6.50. The minimum Gasteiger partial charge on any atom is -0.387 e. The number of anilines is 2. The van der Waals surface area contributed by atoms with Gasteiger partial charge in [-0.1, -0.05) is 0 Å². The third-order valence-electron chi connectivity index (χ3n) is 7.60. The van der Waals surface area contributed by atoms with Crippen LogP contribution in [0.1, 0.15) is 17.9 Å². The SMILES string of the molecule is Nc1nc2c(ncn2C2OC3COP(=O)(O)OC4C(COP(O)(=S)OC2C3O)OC(c2cncc3c(N)ncnc23)C4O)c(=O)[nH]1. The van der Waals surface area contributed by atoms with E-state index in [2.05, 4.69) is 29.9 Å². The number of aromatic nitrogens is 7. The largest absolute Gasteiger partial charge is 0.472 e. The van der Waals surface area contributed by atoms with Crippen molar-refractivity contribution in [2.75, 3.05) is 24.7 Å². The average Bonchev–Trinajstić information content (AvgIpc) is 3.64. The van der Waals surface area contributed by atoms with Crippen molar-refractivity contribution in [3.63, 3.8) is 0 Å². The van der Waals surface area contributed by atoms with E-state index in [1.807, 2.05) is 0 Å². The van der Waals surface area contributed by atoms with E-state index in [4.69, 9.17) is 50.8 Å². The van der Waals surface area contributed by atoms with Gasteiger partial charge in [0.05, 0.1) is 30.4 Å². The van der Waals surface area contributed by atoms with Crippen LogP contribution in [-0.4, -0.2) is 104 Å². The predicted octanol–water partition coefficient (Wildman–Crippen LogP) is -1.48. The quantitative estimate of drug-likeness (QED) is 0.117. The van der Waals surface area contributed by atoms with E-state index >= 15 is 0 Å². The second-order valence-electron chi connectivity index (χ2n) is 10.5. The lowest BCUT2D eigenvalue weighted by Gasteiger charge is -2.27. The highest BCUT2D eigenvalue weighted by Crippen LogP contribution is 2.54. The number of ether oxygens (including phenoxy) is 2. The maximum absolute atomic E-state index is 13.2. The smallest absolute Gasteiger partial charge is 0.387 e. The highest BCUT2D eigenvalue weighted by molar-refractivity contribution is 8.07. The molecule has 3 saturated heterocycles. The number of aliphatic hydroxyl groups excluding tert-OH is 2. The van der Waals surface area contributed by atoms with Crippen LogP contribution in [0, 0.1) is 0 Å². The van der Waals surface area contributed by atoms with Crippen molar-refractivity contribution in [2.24, 2.45) is 0 Å². The number of hydrogen-bond acceptors (Lipinski definition) is 18. The molecule has 10 atom stereocenters. The fraction of sp³-hybridized carbons (Fsp3) is 0.455. The maximum atomic E-state index is 13.2. The van der Waals surface area contributed by atoms with Gasteiger partial charge >= 0.3 is 14.5 Å². The second-order valence-corrected chi connectivity index (χ2v) is 14.7. The number of fused-ring (bicyclic) bond motifs is 5. The minimum absolute atomic E-state index is 0.0600. The van der Waals surface area contributed by atoms with Crippen LogP contribution in [0.5, 0.6) is 0 Å². The first kappa shape index (κ1) is 31.5. The molecule has 9 N–H and O–H groups in total. The number of nitrogen functional groups attached to an aromatic ring is 2. The molecule has 4 aromatic heterocycles. The van der Waals surface area contributed by atoms with Crippen molar-refractivity contribution in [3.8, 4) is 0 Å². The molecule has 2 bridgehead atoms. The Balaban J connectivity index is 1.21. The van der Waals surface area contributed by atoms with Crippen LogP contribution in [0.15, 0.2) is 29.8 Å². The van der Waals surface area contributed by atoms with E-state index < -0.39 is 82.3 Å². The summed E-state index contributed by atoms with van der Waals surface area (Å²) in [6, 6.07) is 0. The third kappa shape index (κ3) is 5.60. The summed E-state index contributed by atoms with van der Waals surface area (Å²) >= 11 is 5.23. The van der Waals surface area contributed by atoms with E-state index in [-0.39, 0.29) is 28.5 Å². The fourth-order valence-corrected chi connectivity index (χ4v) is 7.89. The van der Waals surface area contributed by atoms with E-state index in [1.165, 1.54) is 23.3 Å². The van der Waals surface area contributed by atoms with Gasteiger partial charge in [0.2, 0.25) is 5.95 Å². The van der Waals surface area contributed by atoms with Crippen molar-refractivity contribution >= 4 is 60.2 Å². The molecule has 0 spiro atoms. The lowest BCUT2D eigenvalue weighted by molar-refractivity contribution is -0.0607. The Morgan fingerprint density at radius 3 is 2.57 bits per heavy atom. The molecule has 3 aliphatic rings. The molecule has 3 fully saturated rings. The van der Waals surface area contributed by atoms with Crippen LogP contribution in [-0.2, 0) is 43.9 Å². The first-order chi connectivity index (χ1) is 21.8. The molecule has 10 unspecified atom stereocenters. The summed E-state index contributed by atoms with van der Waals surface area (Å²) in [5, 5.41) is 22.8. The Kier molecular flexibility index (Phi) is 7.92. The highest BCUT2D eigenvalue weighted by atomic mass is 32.5. The first-order valence-electron chi connectivity index (χ1n) is 13.4. The van der Waals surface area contributed by atoms with Gasteiger partial charge in [0.1, 0.15) is 54.9 Å². The molecule has 0 amide bonds. The molecule has 0 aromatic carbocycles. The van der Waals surface area contributed by atoms with Gasteiger partial charge < -0.3 is 45.5 Å². The van der Waals surface area contributed by atoms with E-state index in [0.29, 0.717) is 10.9 Å². The van der Waals surface area contributed by atoms with Crippen molar-refractivity contribution in [3.05, 3.63) is 41.0 Å². The first-order valence-corrected chi connectivity index (χ1v) is 17.5. The van der Waals surface area contributed by atoms with Gasteiger partial charge in [-0.2, -0.15) is 4.98 Å². The van der Waals surface area contributed by atoms with Crippen LogP contribution < -0.4 is 17.0 Å². The number of phosphoric acid groups is 1. The van der Waals surface area contributed by atoms with Crippen LogP contribution in [0.2, 0.25) is 0 Å². The van der Waals surface area contributed by atoms with E-state index in [0.717, 1.165) is 6.33 Å². The molecule has 3 aliphatic heterocycles. The van der Waals surface area contributed by atoms with Gasteiger partial charge in [-0.05, 0) is 11.8 Å². The minimum atomic E-state index is -5.02. The van der Waals surface area contributed by atoms with Crippen molar-refractivity contribution in [2.45, 2.75) is 49.0 Å². The molecule has 46 heavy (non-hydrogen) atoms. The normalized spacial score (nSPS) is 37.0. The third-order valence-corrected chi connectivity index (χ3v) is 10.1. The number of hydrogen-bond donors (Lipinski definition) is 7. The average molecular weight is 702 g/mol. The molecule has 7 heterocycles. The number of pyridine rings is 1. The zero-order valence-corrected chi connectivity index (χ0v) is 25.6. The standard InChI is InChI=1S/C22H25N9O12P2S/c23-18-8-2-25-1-7(11(8)26-5-27-18)15-14(33)16-10(40-15)4-39-45(37,46)43-17-13(32)9(3-38-44(35,36)42-16)41-21(17)31-6-28-12-19(31)29-22(24)30-20(12)34/h1-2,5-6,9-10,13-17,21,32-33H,3-4H2,(H,35,36)(H,37,46)(H2,23,26,27)(H3,24,29,30,34). The maximum Gasteiger partial charge on any atom is 0.472 e. The van der Waals surface area contributed by atoms with Gasteiger partial charge in [-0.25, -0.2) is 19.5 Å². The van der Waals surface area contributed by atoms with Crippen molar-refractivity contribution < 1.29 is 52.1 Å². The number of aliphatic hydroxyl groups is 2. The highest BCUT2D eigenvalue weighted by Gasteiger charge is 2.53. The molecule has 0 saturated carbocycles. The zero-order chi connectivity index (χ0) is 32.5. The molecular formula is C22H25N9O12P2S. The number of phosphoric ester groups is 1. The van der Waals surface area contributed by atoms with Crippen molar-refractivity contribution in [1.29, 1.82) is 0 Å². The Labute approximate surface area is 261 Å². The molecule has 24 heteroatoms. The lowest BCUT2D eigenvalue weighted by Crippen LogP contribution is -2.36. The molecule has 0 aliphatic carbocycles. The van der Waals surface area contributed by atoms with Crippen LogP contribution in [0.25, 0.3) is 22.1 Å². The molecular weight excluding hydrogens is 676 g/mol. The van der Waals surface area contributed by atoms with Crippen LogP contribution in [0.3, 0.4) is 0 Å². The van der Waals surface area contributed by atoms with Crippen LogP contribution in [0.4, 0.5) is 11.8 Å². The number of H-pyrrole nitrogens is 1. The number of nitrogens with two attached hydrogens (primary N) is 2. The lowest BCUT2D eigenvalue weighted by atomic mass is 10.0. The van der Waals surface area contributed by atoms with Gasteiger partial charge in [0.15, 0.2) is 17.4 Å². The number of aromatic amines is 1. The molecule has 246 valence electrons. The number of imidazole rings is 1. The summed E-state index contributed by atoms with van der Waals surface area (Å²) in [5.74, 6) is -0.125. The van der Waals surface area contributed by atoms with Gasteiger partial charge in [-0.15, -0.1) is 0 Å². The monoisotopic (exact) mass is 701 g/mol. The van der Waals surface area contributed by atoms with Gasteiger partial charge in [-0.3, -0.25) is 32.9 Å². The predicted molar refractivity (Wildman–Crippen MR) is 156 cm³/mol. The Bertz CT molecular complexity index is 1980. The molecule has 0 radical (unpaired) electrons. The topological polar surface area (TPSA) is 308 Å². The number of nitrogens with one attached hydrogen (secondary N) is 1. The van der Waals surface area contributed by atoms with Crippen LogP contribution >= 0.6 is 14.5 Å². The zero-order valence-electron chi connectivity index (χ0n) is 23.0. The molecule has 21 nitrogen and oxygen atoms in total. The van der Waals surface area contributed by atoms with Gasteiger partial charge in [0, 0.05) is 18.0 Å². The Morgan fingerprint density at radius 1 is 0.978 bits per heavy atom. The van der Waals surface area contributed by atoms with Crippen molar-refractivity contribution in [1.82, 2.24) is 34.5 Å². The van der Waals surface area contributed by atoms with E-state index in [1.54, 1.807) is 0 Å². The number of nitrogens with zero attached hydrogens (tertiary/aromatic N) is 6. The summed E-state index contributed by atoms with van der Waals surface area (Å²) in [6.45, 7) is -5.66. The summed E-state index contributed by atoms with van der Waals surface area (Å²) < 4.78 is 48.0. The second kappa shape index (κ2) is 11.6. The number of rotatable bonds is 2. The Morgan fingerprint density at radius 2 is 1.76 bits per heavy atom.